The first-order valence-corrected chi connectivity index (χ1v) is 11.3. The fourth-order valence-electron chi connectivity index (χ4n) is 2.68. The zero-order valence-corrected chi connectivity index (χ0v) is 20.1. The van der Waals surface area contributed by atoms with E-state index < -0.39 is 52.6 Å². The maximum absolute atomic E-state index is 13.8. The molecule has 0 saturated carbocycles. The molecule has 2 atom stereocenters. The van der Waals surface area contributed by atoms with Gasteiger partial charge in [0.15, 0.2) is 9.76 Å². The Labute approximate surface area is 178 Å². The van der Waals surface area contributed by atoms with Crippen LogP contribution in [-0.2, 0) is 4.43 Å². The van der Waals surface area contributed by atoms with Gasteiger partial charge in [-0.05, 0) is 43.0 Å². The van der Waals surface area contributed by atoms with Gasteiger partial charge in [0.2, 0.25) is 0 Å². The van der Waals surface area contributed by atoms with E-state index in [9.17, 15) is 26.3 Å². The number of hydrogen-bond donors (Lipinski definition) is 1. The minimum atomic E-state index is -4.68. The highest BCUT2D eigenvalue weighted by Crippen LogP contribution is 2.37. The third kappa shape index (κ3) is 9.84. The molecule has 2 nitrogen and oxygen atoms in total. The van der Waals surface area contributed by atoms with Gasteiger partial charge in [-0.1, -0.05) is 48.8 Å². The van der Waals surface area contributed by atoms with Crippen molar-refractivity contribution in [3.63, 3.8) is 0 Å². The SMILES string of the molecule is CC(C)(C)[SiH2]OC(C)(C)[C@H](CCC(F)(F)F)NC(c1ccc(Br)cc1)C(F)(F)F. The van der Waals surface area contributed by atoms with Gasteiger partial charge < -0.3 is 4.43 Å². The second-order valence-corrected chi connectivity index (χ2v) is 12.5. The zero-order valence-electron chi connectivity index (χ0n) is 17.1. The lowest BCUT2D eigenvalue weighted by Gasteiger charge is -2.40. The predicted octanol–water partition coefficient (Wildman–Crippen LogP) is 6.45. The molecule has 0 fully saturated rings. The second kappa shape index (κ2) is 9.70. The van der Waals surface area contributed by atoms with Crippen LogP contribution in [0.2, 0.25) is 5.04 Å². The molecule has 1 unspecified atom stereocenters. The van der Waals surface area contributed by atoms with Crippen molar-refractivity contribution >= 4 is 25.7 Å². The van der Waals surface area contributed by atoms with E-state index in [1.807, 2.05) is 20.8 Å². The minimum Gasteiger partial charge on any atom is -0.417 e. The number of rotatable bonds is 8. The third-order valence-corrected chi connectivity index (χ3v) is 6.61. The van der Waals surface area contributed by atoms with E-state index in [-0.39, 0.29) is 10.6 Å². The summed E-state index contributed by atoms with van der Waals surface area (Å²) in [5, 5.41) is 2.28. The van der Waals surface area contributed by atoms with E-state index in [0.717, 1.165) is 0 Å². The molecule has 1 rings (SSSR count). The van der Waals surface area contributed by atoms with Gasteiger partial charge in [0.25, 0.3) is 0 Å². The summed E-state index contributed by atoms with van der Waals surface area (Å²) in [6.07, 6.45) is -10.9. The molecule has 0 heterocycles. The van der Waals surface area contributed by atoms with E-state index in [2.05, 4.69) is 21.2 Å². The van der Waals surface area contributed by atoms with Crippen LogP contribution in [0.25, 0.3) is 0 Å². The molecular formula is C19H28BrF6NOSi. The molecule has 0 bridgehead atoms. The van der Waals surface area contributed by atoms with Crippen molar-refractivity contribution in [2.45, 2.75) is 82.5 Å². The smallest absolute Gasteiger partial charge is 0.407 e. The molecule has 168 valence electrons. The quantitative estimate of drug-likeness (QED) is 0.322. The van der Waals surface area contributed by atoms with Gasteiger partial charge in [0.05, 0.1) is 5.60 Å². The van der Waals surface area contributed by atoms with Gasteiger partial charge in [-0.25, -0.2) is 0 Å². The fraction of sp³-hybridized carbons (Fsp3) is 0.684. The van der Waals surface area contributed by atoms with E-state index in [0.29, 0.717) is 4.47 Å². The van der Waals surface area contributed by atoms with Crippen LogP contribution in [0.3, 0.4) is 0 Å². The molecule has 10 heteroatoms. The first kappa shape index (κ1) is 26.5. The lowest BCUT2D eigenvalue weighted by molar-refractivity contribution is -0.165. The molecule has 0 aliphatic carbocycles. The van der Waals surface area contributed by atoms with E-state index in [1.54, 1.807) is 13.8 Å². The van der Waals surface area contributed by atoms with Crippen molar-refractivity contribution in [2.24, 2.45) is 0 Å². The van der Waals surface area contributed by atoms with Crippen LogP contribution in [0.5, 0.6) is 0 Å². The molecule has 0 spiro atoms. The lowest BCUT2D eigenvalue weighted by atomic mass is 9.92. The minimum absolute atomic E-state index is 0.0680. The average molecular weight is 508 g/mol. The van der Waals surface area contributed by atoms with Crippen molar-refractivity contribution in [1.82, 2.24) is 5.32 Å². The molecule has 0 radical (unpaired) electrons. The molecule has 0 amide bonds. The van der Waals surface area contributed by atoms with Gasteiger partial charge in [-0.2, -0.15) is 26.3 Å². The van der Waals surface area contributed by atoms with Gasteiger partial charge in [-0.3, -0.25) is 5.32 Å². The van der Waals surface area contributed by atoms with Crippen LogP contribution >= 0.6 is 15.9 Å². The molecule has 0 aromatic heterocycles. The van der Waals surface area contributed by atoms with E-state index in [1.165, 1.54) is 24.3 Å². The Hall–Kier alpha value is -0.583. The summed E-state index contributed by atoms with van der Waals surface area (Å²) in [4.78, 5) is 0. The molecule has 0 aliphatic rings. The Bertz CT molecular complexity index is 640. The summed E-state index contributed by atoms with van der Waals surface area (Å²) >= 11 is 3.17. The van der Waals surface area contributed by atoms with E-state index in [4.69, 9.17) is 4.43 Å². The number of benzene rings is 1. The highest BCUT2D eigenvalue weighted by Gasteiger charge is 2.45. The van der Waals surface area contributed by atoms with Crippen LogP contribution in [0.4, 0.5) is 26.3 Å². The Kier molecular flexibility index (Phi) is 8.85. The van der Waals surface area contributed by atoms with Crippen molar-refractivity contribution in [3.8, 4) is 0 Å². The van der Waals surface area contributed by atoms with Gasteiger partial charge >= 0.3 is 12.4 Å². The van der Waals surface area contributed by atoms with Crippen LogP contribution in [0.15, 0.2) is 28.7 Å². The predicted molar refractivity (Wildman–Crippen MR) is 109 cm³/mol. The van der Waals surface area contributed by atoms with Gasteiger partial charge in [0, 0.05) is 16.9 Å². The standard InChI is InChI=1S/C19H28BrF6NOSi/c1-16(2,3)29-28-17(4,5)14(10-11-18(21,22)23)27-15(19(24,25)26)12-6-8-13(20)9-7-12/h6-9,14-15,27H,10-11,29H2,1-5H3/t14-,15?/m0/s1. The summed E-state index contributed by atoms with van der Waals surface area (Å²) in [6, 6.07) is 2.28. The molecule has 29 heavy (non-hydrogen) atoms. The summed E-state index contributed by atoms with van der Waals surface area (Å²) < 4.78 is 86.3. The maximum atomic E-state index is 13.8. The first-order chi connectivity index (χ1) is 12.9. The topological polar surface area (TPSA) is 21.3 Å². The zero-order chi connectivity index (χ0) is 22.7. The fourth-order valence-corrected chi connectivity index (χ4v) is 3.95. The maximum Gasteiger partial charge on any atom is 0.407 e. The molecule has 0 saturated heterocycles. The monoisotopic (exact) mass is 507 g/mol. The first-order valence-electron chi connectivity index (χ1n) is 9.20. The van der Waals surface area contributed by atoms with Crippen LogP contribution < -0.4 is 5.32 Å². The molecule has 1 aromatic carbocycles. The molecule has 0 aliphatic heterocycles. The van der Waals surface area contributed by atoms with Crippen molar-refractivity contribution < 1.29 is 30.8 Å². The molecular weight excluding hydrogens is 480 g/mol. The lowest BCUT2D eigenvalue weighted by Crippen LogP contribution is -2.53. The largest absolute Gasteiger partial charge is 0.417 e. The van der Waals surface area contributed by atoms with Crippen LogP contribution in [0.1, 0.15) is 59.1 Å². The summed E-state index contributed by atoms with van der Waals surface area (Å²) in [5.41, 5.74) is -1.26. The van der Waals surface area contributed by atoms with Crippen LogP contribution in [-0.4, -0.2) is 33.8 Å². The van der Waals surface area contributed by atoms with Crippen LogP contribution in [0, 0.1) is 0 Å². The Morgan fingerprint density at radius 2 is 1.48 bits per heavy atom. The second-order valence-electron chi connectivity index (χ2n) is 8.85. The average Bonchev–Trinajstić information content (AvgIpc) is 2.51. The highest BCUT2D eigenvalue weighted by molar-refractivity contribution is 9.10. The summed E-state index contributed by atoms with van der Waals surface area (Å²) in [5.74, 6) is 0. The number of halogens is 7. The summed E-state index contributed by atoms with van der Waals surface area (Å²) in [6.45, 7) is 8.92. The Balaban J connectivity index is 3.18. The Morgan fingerprint density at radius 3 is 1.90 bits per heavy atom. The van der Waals surface area contributed by atoms with Crippen molar-refractivity contribution in [3.05, 3.63) is 34.3 Å². The van der Waals surface area contributed by atoms with E-state index >= 15 is 0 Å². The molecule has 1 aromatic rings. The highest BCUT2D eigenvalue weighted by atomic mass is 79.9. The summed E-state index contributed by atoms with van der Waals surface area (Å²) in [7, 11) is -1.19. The van der Waals surface area contributed by atoms with Gasteiger partial charge in [-0.15, -0.1) is 0 Å². The normalized spacial score (nSPS) is 16.4. The number of nitrogens with one attached hydrogen (secondary N) is 1. The number of hydrogen-bond acceptors (Lipinski definition) is 2. The molecule has 1 N–H and O–H groups in total. The Morgan fingerprint density at radius 1 is 0.966 bits per heavy atom. The van der Waals surface area contributed by atoms with Gasteiger partial charge in [0.1, 0.15) is 6.04 Å². The van der Waals surface area contributed by atoms with Crippen molar-refractivity contribution in [2.75, 3.05) is 0 Å². The number of alkyl halides is 6. The van der Waals surface area contributed by atoms with Crippen molar-refractivity contribution in [1.29, 1.82) is 0 Å². The third-order valence-electron chi connectivity index (χ3n) is 4.33.